The van der Waals surface area contributed by atoms with E-state index in [0.717, 1.165) is 52.9 Å². The summed E-state index contributed by atoms with van der Waals surface area (Å²) in [5, 5.41) is 4.88. The fraction of sp³-hybridized carbons (Fsp3) is 0.269. The van der Waals surface area contributed by atoms with Crippen LogP contribution < -0.4 is 10.9 Å². The number of benzene rings is 2. The Labute approximate surface area is 211 Å². The zero-order chi connectivity index (χ0) is 23.8. The first-order chi connectivity index (χ1) is 16.5. The minimum Gasteiger partial charge on any atom is -0.325 e. The molecule has 1 aliphatic rings. The predicted octanol–water partition coefficient (Wildman–Crippen LogP) is 6.19. The van der Waals surface area contributed by atoms with Crippen LogP contribution in [0.2, 0.25) is 5.02 Å². The Morgan fingerprint density at radius 1 is 1.21 bits per heavy atom. The highest BCUT2D eigenvalue weighted by atomic mass is 35.5. The molecule has 2 aromatic carbocycles. The molecule has 5 nitrogen and oxygen atoms in total. The number of carbonyl (C=O) groups excluding carboxylic acids is 1. The number of aryl methyl sites for hydroxylation is 4. The monoisotopic (exact) mass is 509 g/mol. The van der Waals surface area contributed by atoms with Crippen molar-refractivity contribution in [3.05, 3.63) is 79.4 Å². The van der Waals surface area contributed by atoms with E-state index in [9.17, 15) is 9.59 Å². The van der Waals surface area contributed by atoms with Crippen molar-refractivity contribution in [2.75, 3.05) is 11.1 Å². The molecule has 8 heteroatoms. The molecule has 0 radical (unpaired) electrons. The lowest BCUT2D eigenvalue weighted by atomic mass is 10.1. The van der Waals surface area contributed by atoms with Crippen molar-refractivity contribution in [3.63, 3.8) is 0 Å². The van der Waals surface area contributed by atoms with Gasteiger partial charge in [-0.15, -0.1) is 11.3 Å². The average Bonchev–Trinajstić information content (AvgIpc) is 3.41. The van der Waals surface area contributed by atoms with Crippen LogP contribution in [0.15, 0.2) is 52.4 Å². The molecule has 2 aromatic heterocycles. The molecule has 4 aromatic rings. The molecule has 0 unspecified atom stereocenters. The Bertz CT molecular complexity index is 1460. The molecule has 34 heavy (non-hydrogen) atoms. The van der Waals surface area contributed by atoms with Crippen molar-refractivity contribution in [1.29, 1.82) is 0 Å². The zero-order valence-corrected chi connectivity index (χ0v) is 21.4. The predicted molar refractivity (Wildman–Crippen MR) is 142 cm³/mol. The number of thioether (sulfide) groups is 1. The summed E-state index contributed by atoms with van der Waals surface area (Å²) in [6, 6.07) is 13.2. The number of nitrogens with one attached hydrogen (secondary N) is 1. The van der Waals surface area contributed by atoms with Gasteiger partial charge < -0.3 is 5.32 Å². The van der Waals surface area contributed by atoms with E-state index in [1.807, 2.05) is 37.3 Å². The molecule has 5 rings (SSSR count). The van der Waals surface area contributed by atoms with E-state index in [-0.39, 0.29) is 17.2 Å². The van der Waals surface area contributed by atoms with Crippen LogP contribution in [-0.4, -0.2) is 21.2 Å². The molecule has 0 aliphatic heterocycles. The van der Waals surface area contributed by atoms with E-state index in [4.69, 9.17) is 16.6 Å². The molecular weight excluding hydrogens is 486 g/mol. The Kier molecular flexibility index (Phi) is 6.51. The van der Waals surface area contributed by atoms with Gasteiger partial charge >= 0.3 is 0 Å². The molecule has 0 bridgehead atoms. The van der Waals surface area contributed by atoms with Gasteiger partial charge in [0.1, 0.15) is 4.83 Å². The number of thiophene rings is 1. The highest BCUT2D eigenvalue weighted by molar-refractivity contribution is 7.99. The second kappa shape index (κ2) is 9.56. The van der Waals surface area contributed by atoms with Gasteiger partial charge in [-0.2, -0.15) is 0 Å². The van der Waals surface area contributed by atoms with Gasteiger partial charge in [0.05, 0.1) is 16.8 Å². The van der Waals surface area contributed by atoms with Gasteiger partial charge in [0.2, 0.25) is 5.91 Å². The molecule has 0 fully saturated rings. The zero-order valence-electron chi connectivity index (χ0n) is 19.0. The maximum atomic E-state index is 13.7. The Morgan fingerprint density at radius 2 is 2.00 bits per heavy atom. The summed E-state index contributed by atoms with van der Waals surface area (Å²) in [6.45, 7) is 4.06. The summed E-state index contributed by atoms with van der Waals surface area (Å²) in [7, 11) is 0. The first-order valence-electron chi connectivity index (χ1n) is 11.3. The van der Waals surface area contributed by atoms with E-state index < -0.39 is 0 Å². The second-order valence-corrected chi connectivity index (χ2v) is 10.8. The summed E-state index contributed by atoms with van der Waals surface area (Å²) < 4.78 is 1.62. The van der Waals surface area contributed by atoms with Gasteiger partial charge in [-0.1, -0.05) is 48.5 Å². The molecular formula is C26H24ClN3O2S2. The van der Waals surface area contributed by atoms with Gasteiger partial charge in [-0.3, -0.25) is 14.2 Å². The van der Waals surface area contributed by atoms with Crippen LogP contribution in [0.25, 0.3) is 15.9 Å². The number of amides is 1. The molecule has 0 saturated heterocycles. The van der Waals surface area contributed by atoms with Gasteiger partial charge in [0.15, 0.2) is 5.16 Å². The summed E-state index contributed by atoms with van der Waals surface area (Å²) in [5.41, 5.74) is 4.75. The minimum atomic E-state index is -0.125. The summed E-state index contributed by atoms with van der Waals surface area (Å²) in [6.07, 6.45) is 3.82. The molecule has 1 N–H and O–H groups in total. The van der Waals surface area contributed by atoms with Crippen molar-refractivity contribution in [3.8, 4) is 5.69 Å². The Hall–Kier alpha value is -2.61. The smallest absolute Gasteiger partial charge is 0.267 e. The summed E-state index contributed by atoms with van der Waals surface area (Å²) >= 11 is 8.97. The summed E-state index contributed by atoms with van der Waals surface area (Å²) in [4.78, 5) is 33.5. The molecule has 0 saturated carbocycles. The number of carbonyl (C=O) groups is 1. The van der Waals surface area contributed by atoms with Crippen molar-refractivity contribution < 1.29 is 4.79 Å². The van der Waals surface area contributed by atoms with Crippen LogP contribution in [0.1, 0.15) is 34.9 Å². The highest BCUT2D eigenvalue weighted by Gasteiger charge is 2.24. The van der Waals surface area contributed by atoms with Gasteiger partial charge in [0.25, 0.3) is 5.56 Å². The van der Waals surface area contributed by atoms with E-state index in [1.54, 1.807) is 28.0 Å². The topological polar surface area (TPSA) is 64.0 Å². The first kappa shape index (κ1) is 23.1. The fourth-order valence-electron chi connectivity index (χ4n) is 4.45. The minimum absolute atomic E-state index is 0.0817. The lowest BCUT2D eigenvalue weighted by molar-refractivity contribution is -0.113. The van der Waals surface area contributed by atoms with Crippen molar-refractivity contribution in [2.45, 2.75) is 44.7 Å². The SMILES string of the molecule is CCc1cccc(C)c1NC(=O)CSc1nc2sc3c(c2c(=O)n1-c1ccc(Cl)cc1)CCC3. The number of hydrogen-bond donors (Lipinski definition) is 1. The van der Waals surface area contributed by atoms with Gasteiger partial charge in [-0.05, 0) is 73.6 Å². The number of rotatable bonds is 6. The molecule has 1 aliphatic carbocycles. The maximum Gasteiger partial charge on any atom is 0.267 e. The van der Waals surface area contributed by atoms with Crippen LogP contribution in [0.5, 0.6) is 0 Å². The molecule has 0 atom stereocenters. The van der Waals surface area contributed by atoms with Gasteiger partial charge in [-0.25, -0.2) is 4.98 Å². The number of hydrogen-bond acceptors (Lipinski definition) is 5. The van der Waals surface area contributed by atoms with Gasteiger partial charge in [0, 0.05) is 15.6 Å². The van der Waals surface area contributed by atoms with Crippen molar-refractivity contribution >= 4 is 56.5 Å². The maximum absolute atomic E-state index is 13.7. The largest absolute Gasteiger partial charge is 0.325 e. The quantitative estimate of drug-likeness (QED) is 0.248. The molecule has 1 amide bonds. The number of halogens is 1. The number of nitrogens with zero attached hydrogens (tertiary/aromatic N) is 2. The third-order valence-corrected chi connectivity index (χ3v) is 8.51. The molecule has 2 heterocycles. The third kappa shape index (κ3) is 4.28. The van der Waals surface area contributed by atoms with Crippen LogP contribution in [0.4, 0.5) is 5.69 Å². The van der Waals surface area contributed by atoms with E-state index in [0.29, 0.717) is 21.3 Å². The number of fused-ring (bicyclic) bond motifs is 3. The number of aromatic nitrogens is 2. The average molecular weight is 510 g/mol. The van der Waals surface area contributed by atoms with Crippen LogP contribution in [0, 0.1) is 6.92 Å². The van der Waals surface area contributed by atoms with E-state index in [2.05, 4.69) is 12.2 Å². The van der Waals surface area contributed by atoms with Crippen molar-refractivity contribution in [2.24, 2.45) is 0 Å². The van der Waals surface area contributed by atoms with Crippen molar-refractivity contribution in [1.82, 2.24) is 9.55 Å². The lowest BCUT2D eigenvalue weighted by Gasteiger charge is -2.14. The highest BCUT2D eigenvalue weighted by Crippen LogP contribution is 2.36. The second-order valence-electron chi connectivity index (χ2n) is 8.35. The normalized spacial score (nSPS) is 12.8. The Balaban J connectivity index is 1.50. The van der Waals surface area contributed by atoms with E-state index in [1.165, 1.54) is 16.6 Å². The van der Waals surface area contributed by atoms with Crippen LogP contribution >= 0.6 is 34.7 Å². The first-order valence-corrected chi connectivity index (χ1v) is 13.5. The fourth-order valence-corrected chi connectivity index (χ4v) is 6.69. The third-order valence-electron chi connectivity index (χ3n) is 6.13. The Morgan fingerprint density at radius 3 is 2.76 bits per heavy atom. The summed E-state index contributed by atoms with van der Waals surface area (Å²) in [5.74, 6) is 0.0216. The standard InChI is InChI=1S/C26H24ClN3O2S2/c1-3-16-7-4-6-15(2)23(16)28-21(31)14-33-26-29-24-22(19-8-5-9-20(19)34-24)25(32)30(26)18-12-10-17(27)11-13-18/h4,6-7,10-13H,3,5,8-9,14H2,1-2H3,(H,28,31). The number of para-hydroxylation sites is 1. The molecule has 174 valence electrons. The van der Waals surface area contributed by atoms with Crippen LogP contribution in [-0.2, 0) is 24.1 Å². The van der Waals surface area contributed by atoms with E-state index >= 15 is 0 Å². The molecule has 0 spiro atoms. The number of anilines is 1. The van der Waals surface area contributed by atoms with Crippen LogP contribution in [0.3, 0.4) is 0 Å². The lowest BCUT2D eigenvalue weighted by Crippen LogP contribution is -2.23.